The molecule has 0 aromatic heterocycles. The average Bonchev–Trinajstić information content (AvgIpc) is 3.13. The molecule has 1 fully saturated rings. The Balaban J connectivity index is 1.71. The third kappa shape index (κ3) is 3.29. The highest BCUT2D eigenvalue weighted by Crippen LogP contribution is 2.46. The Labute approximate surface area is 168 Å². The van der Waals surface area contributed by atoms with E-state index in [1.54, 1.807) is 18.2 Å². The van der Waals surface area contributed by atoms with Gasteiger partial charge < -0.3 is 35.0 Å². The minimum absolute atomic E-state index is 0.134. The van der Waals surface area contributed by atoms with Crippen LogP contribution in [0.25, 0.3) is 0 Å². The van der Waals surface area contributed by atoms with Gasteiger partial charge >= 0.3 is 0 Å². The molecule has 5 N–H and O–H groups in total. The van der Waals surface area contributed by atoms with Gasteiger partial charge in [-0.05, 0) is 34.7 Å². The largest absolute Gasteiger partial charge is 0.394 e. The predicted molar refractivity (Wildman–Crippen MR) is 103 cm³/mol. The first kappa shape index (κ1) is 20.4. The Morgan fingerprint density at radius 2 is 1.72 bits per heavy atom. The van der Waals surface area contributed by atoms with Crippen LogP contribution in [0.15, 0.2) is 42.5 Å². The fraction of sp³-hybridized carbons (Fsp3) is 0.455. The molecule has 0 radical (unpaired) electrons. The molecule has 0 unspecified atom stereocenters. The maximum absolute atomic E-state index is 10.9. The van der Waals surface area contributed by atoms with Crippen molar-refractivity contribution in [2.75, 3.05) is 6.61 Å². The van der Waals surface area contributed by atoms with Gasteiger partial charge in [-0.3, -0.25) is 0 Å². The summed E-state index contributed by atoms with van der Waals surface area (Å²) in [6.45, 7) is 1.65. The Morgan fingerprint density at radius 3 is 2.38 bits per heavy atom. The quantitative estimate of drug-likeness (QED) is 0.505. The highest BCUT2D eigenvalue weighted by atomic mass is 16.7. The third-order valence-electron chi connectivity index (χ3n) is 5.92. The summed E-state index contributed by atoms with van der Waals surface area (Å²) in [5, 5.41) is 51.4. The van der Waals surface area contributed by atoms with Crippen molar-refractivity contribution >= 4 is 0 Å². The van der Waals surface area contributed by atoms with E-state index in [9.17, 15) is 25.5 Å². The highest BCUT2D eigenvalue weighted by molar-refractivity contribution is 5.42. The van der Waals surface area contributed by atoms with Gasteiger partial charge in [0.1, 0.15) is 30.5 Å². The second-order valence-electron chi connectivity index (χ2n) is 7.64. The van der Waals surface area contributed by atoms with Crippen LogP contribution in [-0.4, -0.2) is 56.6 Å². The summed E-state index contributed by atoms with van der Waals surface area (Å²) >= 11 is 0. The monoisotopic (exact) mass is 402 g/mol. The molecule has 1 spiro atoms. The van der Waals surface area contributed by atoms with Crippen molar-refractivity contribution < 1.29 is 35.0 Å². The molecule has 4 rings (SSSR count). The fourth-order valence-corrected chi connectivity index (χ4v) is 4.09. The van der Waals surface area contributed by atoms with Crippen LogP contribution in [-0.2, 0) is 28.3 Å². The average molecular weight is 402 g/mol. The summed E-state index contributed by atoms with van der Waals surface area (Å²) in [5.74, 6) is -1.72. The zero-order chi connectivity index (χ0) is 20.8. The van der Waals surface area contributed by atoms with Gasteiger partial charge in [0.2, 0.25) is 5.79 Å². The Hall–Kier alpha value is -1.84. The van der Waals surface area contributed by atoms with E-state index in [1.807, 2.05) is 24.3 Å². The summed E-state index contributed by atoms with van der Waals surface area (Å²) in [4.78, 5) is 0. The molecule has 7 nitrogen and oxygen atoms in total. The Morgan fingerprint density at radius 1 is 1.03 bits per heavy atom. The minimum atomic E-state index is -1.72. The molecule has 6 atom stereocenters. The zero-order valence-electron chi connectivity index (χ0n) is 16.1. The number of aryl methyl sites for hydroxylation is 1. The number of benzene rings is 2. The van der Waals surface area contributed by atoms with E-state index < -0.39 is 42.9 Å². The number of aliphatic hydroxyl groups is 5. The van der Waals surface area contributed by atoms with Gasteiger partial charge in [-0.1, -0.05) is 43.3 Å². The van der Waals surface area contributed by atoms with Crippen molar-refractivity contribution in [2.45, 2.75) is 56.3 Å². The predicted octanol–water partition coefficient (Wildman–Crippen LogP) is 0.487. The van der Waals surface area contributed by atoms with E-state index in [-0.39, 0.29) is 6.61 Å². The van der Waals surface area contributed by atoms with Crippen molar-refractivity contribution in [3.63, 3.8) is 0 Å². The summed E-state index contributed by atoms with van der Waals surface area (Å²) < 4.78 is 11.5. The van der Waals surface area contributed by atoms with Crippen LogP contribution in [0.2, 0.25) is 0 Å². The number of ether oxygens (including phenoxy) is 2. The third-order valence-corrected chi connectivity index (χ3v) is 5.92. The van der Waals surface area contributed by atoms with Crippen molar-refractivity contribution in [1.29, 1.82) is 0 Å². The van der Waals surface area contributed by atoms with E-state index in [2.05, 4.69) is 6.92 Å². The lowest BCUT2D eigenvalue weighted by Gasteiger charge is -2.46. The van der Waals surface area contributed by atoms with Gasteiger partial charge in [-0.15, -0.1) is 0 Å². The van der Waals surface area contributed by atoms with Gasteiger partial charge in [-0.2, -0.15) is 0 Å². The first-order valence-electron chi connectivity index (χ1n) is 9.78. The normalized spacial score (nSPS) is 32.3. The van der Waals surface area contributed by atoms with E-state index in [4.69, 9.17) is 9.47 Å². The topological polar surface area (TPSA) is 120 Å². The van der Waals surface area contributed by atoms with E-state index in [1.165, 1.54) is 5.56 Å². The van der Waals surface area contributed by atoms with Gasteiger partial charge in [0.15, 0.2) is 0 Å². The van der Waals surface area contributed by atoms with E-state index >= 15 is 0 Å². The molecule has 156 valence electrons. The maximum atomic E-state index is 10.9. The molecular formula is C22H26O7. The molecule has 0 bridgehead atoms. The van der Waals surface area contributed by atoms with Crippen LogP contribution < -0.4 is 0 Å². The number of rotatable bonds is 4. The summed E-state index contributed by atoms with van der Waals surface area (Å²) in [6, 6.07) is 12.9. The van der Waals surface area contributed by atoms with Crippen LogP contribution in [0, 0.1) is 0 Å². The molecule has 1 saturated heterocycles. The molecule has 2 heterocycles. The van der Waals surface area contributed by atoms with Crippen LogP contribution in [0.5, 0.6) is 0 Å². The lowest BCUT2D eigenvalue weighted by Crippen LogP contribution is -2.63. The highest BCUT2D eigenvalue weighted by Gasteiger charge is 2.58. The number of aliphatic hydroxyl groups excluding tert-OH is 5. The number of hydrogen-bond donors (Lipinski definition) is 5. The van der Waals surface area contributed by atoms with Gasteiger partial charge in [0.25, 0.3) is 0 Å². The van der Waals surface area contributed by atoms with Crippen molar-refractivity contribution in [3.05, 3.63) is 70.3 Å². The smallest absolute Gasteiger partial charge is 0.225 e. The van der Waals surface area contributed by atoms with E-state index in [0.717, 1.165) is 17.5 Å². The second kappa shape index (κ2) is 7.77. The molecule has 0 saturated carbocycles. The molecule has 2 aliphatic heterocycles. The molecule has 2 aliphatic rings. The molecule has 7 heteroatoms. The SMILES string of the molecule is CCc1ccc([C@@H](O)c2ccc3c(c2)[C@]2(OC3)O[C@H](CO)[C@@H](O)[C@H](O)[C@H]2O)cc1. The fourth-order valence-electron chi connectivity index (χ4n) is 4.09. The van der Waals surface area contributed by atoms with Gasteiger partial charge in [0.05, 0.1) is 13.2 Å². The number of hydrogen-bond acceptors (Lipinski definition) is 7. The summed E-state index contributed by atoms with van der Waals surface area (Å²) in [6.07, 6.45) is -5.66. The number of fused-ring (bicyclic) bond motifs is 2. The molecule has 29 heavy (non-hydrogen) atoms. The molecule has 0 amide bonds. The summed E-state index contributed by atoms with van der Waals surface area (Å²) in [5.41, 5.74) is 3.68. The second-order valence-corrected chi connectivity index (χ2v) is 7.64. The molecule has 0 aliphatic carbocycles. The zero-order valence-corrected chi connectivity index (χ0v) is 16.1. The molecular weight excluding hydrogens is 376 g/mol. The lowest BCUT2D eigenvalue weighted by atomic mass is 9.86. The van der Waals surface area contributed by atoms with Crippen LogP contribution >= 0.6 is 0 Å². The Bertz CT molecular complexity index is 866. The van der Waals surface area contributed by atoms with E-state index in [0.29, 0.717) is 11.1 Å². The minimum Gasteiger partial charge on any atom is -0.394 e. The van der Waals surface area contributed by atoms with Crippen molar-refractivity contribution in [2.24, 2.45) is 0 Å². The molecule has 2 aromatic carbocycles. The van der Waals surface area contributed by atoms with Gasteiger partial charge in [0, 0.05) is 5.56 Å². The molecule has 2 aromatic rings. The standard InChI is InChI=1S/C22H26O7/c1-2-12-3-5-13(6-4-12)18(24)14-7-8-15-11-28-22(16(15)9-14)21(27)20(26)19(25)17(10-23)29-22/h3-9,17-21,23-27H,2,10-11H2,1H3/t17-,18-,19-,20+,21-,22+/m1/s1. The van der Waals surface area contributed by atoms with Crippen LogP contribution in [0.1, 0.15) is 40.8 Å². The van der Waals surface area contributed by atoms with Crippen molar-refractivity contribution in [1.82, 2.24) is 0 Å². The van der Waals surface area contributed by atoms with Crippen LogP contribution in [0.3, 0.4) is 0 Å². The first-order valence-corrected chi connectivity index (χ1v) is 9.78. The van der Waals surface area contributed by atoms with Gasteiger partial charge in [-0.25, -0.2) is 0 Å². The maximum Gasteiger partial charge on any atom is 0.225 e. The summed E-state index contributed by atoms with van der Waals surface area (Å²) in [7, 11) is 0. The Kier molecular flexibility index (Phi) is 5.48. The first-order chi connectivity index (χ1) is 13.9. The lowest BCUT2D eigenvalue weighted by molar-refractivity contribution is -0.368. The van der Waals surface area contributed by atoms with Crippen molar-refractivity contribution in [3.8, 4) is 0 Å². The van der Waals surface area contributed by atoms with Crippen LogP contribution in [0.4, 0.5) is 0 Å².